The Morgan fingerprint density at radius 2 is 2.05 bits per heavy atom. The summed E-state index contributed by atoms with van der Waals surface area (Å²) in [5.41, 5.74) is 2.01. The lowest BCUT2D eigenvalue weighted by Gasteiger charge is -2.12. The fourth-order valence-electron chi connectivity index (χ4n) is 1.77. The molecule has 1 aromatic carbocycles. The van der Waals surface area contributed by atoms with Crippen LogP contribution in [0, 0.1) is 0 Å². The van der Waals surface area contributed by atoms with Crippen molar-refractivity contribution in [3.63, 3.8) is 0 Å². The largest absolute Gasteiger partial charge is 0.389 e. The molecule has 0 heterocycles. The molecular weight excluding hydrogens is 256 g/mol. The van der Waals surface area contributed by atoms with Gasteiger partial charge in [-0.15, -0.1) is 0 Å². The number of anilines is 1. The monoisotopic (exact) mass is 280 g/mol. The molecule has 0 radical (unpaired) electrons. The Bertz CT molecular complexity index is 393. The zero-order valence-corrected chi connectivity index (χ0v) is 12.2. The number of hydrogen-bond donors (Lipinski definition) is 3. The van der Waals surface area contributed by atoms with Gasteiger partial charge in [-0.1, -0.05) is 25.5 Å². The Balaban J connectivity index is 2.34. The number of unbranched alkanes of at least 4 members (excludes halogenated alkanes) is 1. The first kappa shape index (κ1) is 16.5. The summed E-state index contributed by atoms with van der Waals surface area (Å²) in [6.45, 7) is 2.53. The molecule has 20 heavy (non-hydrogen) atoms. The van der Waals surface area contributed by atoms with Crippen molar-refractivity contribution < 1.29 is 14.6 Å². The van der Waals surface area contributed by atoms with Gasteiger partial charge in [-0.05, 0) is 30.5 Å². The molecule has 1 rings (SSSR count). The molecule has 1 unspecified atom stereocenters. The van der Waals surface area contributed by atoms with E-state index in [2.05, 4.69) is 17.6 Å². The number of rotatable bonds is 8. The lowest BCUT2D eigenvalue weighted by Crippen LogP contribution is -2.36. The summed E-state index contributed by atoms with van der Waals surface area (Å²) >= 11 is 0. The third kappa shape index (κ3) is 6.54. The number of methoxy groups -OCH3 is 1. The Hall–Kier alpha value is -1.59. The van der Waals surface area contributed by atoms with E-state index in [1.807, 2.05) is 24.3 Å². The smallest absolute Gasteiger partial charge is 0.319 e. The Morgan fingerprint density at radius 3 is 2.65 bits per heavy atom. The van der Waals surface area contributed by atoms with Gasteiger partial charge < -0.3 is 20.5 Å². The first-order chi connectivity index (χ1) is 9.65. The van der Waals surface area contributed by atoms with E-state index in [9.17, 15) is 9.90 Å². The molecule has 0 aliphatic heterocycles. The van der Waals surface area contributed by atoms with E-state index in [1.54, 1.807) is 0 Å². The van der Waals surface area contributed by atoms with E-state index >= 15 is 0 Å². The Labute approximate surface area is 120 Å². The van der Waals surface area contributed by atoms with Crippen LogP contribution in [0.4, 0.5) is 10.5 Å². The second-order valence-electron chi connectivity index (χ2n) is 4.74. The van der Waals surface area contributed by atoms with Crippen LogP contribution in [-0.2, 0) is 11.2 Å². The van der Waals surface area contributed by atoms with Crippen LogP contribution >= 0.6 is 0 Å². The van der Waals surface area contributed by atoms with Crippen LogP contribution in [0.5, 0.6) is 0 Å². The van der Waals surface area contributed by atoms with Gasteiger partial charge >= 0.3 is 6.03 Å². The van der Waals surface area contributed by atoms with Gasteiger partial charge in [0.25, 0.3) is 0 Å². The average molecular weight is 280 g/mol. The molecule has 1 aromatic rings. The maximum atomic E-state index is 11.6. The van der Waals surface area contributed by atoms with Crippen molar-refractivity contribution in [1.29, 1.82) is 0 Å². The van der Waals surface area contributed by atoms with Crippen molar-refractivity contribution in [2.75, 3.05) is 25.6 Å². The normalized spacial score (nSPS) is 11.9. The lowest BCUT2D eigenvalue weighted by atomic mass is 10.1. The highest BCUT2D eigenvalue weighted by molar-refractivity contribution is 5.89. The number of aliphatic hydroxyl groups is 1. The molecule has 2 amide bonds. The van der Waals surface area contributed by atoms with Crippen LogP contribution in [0.15, 0.2) is 24.3 Å². The van der Waals surface area contributed by atoms with Crippen molar-refractivity contribution in [2.24, 2.45) is 0 Å². The van der Waals surface area contributed by atoms with E-state index in [0.717, 1.165) is 12.1 Å². The topological polar surface area (TPSA) is 70.6 Å². The Kier molecular flexibility index (Phi) is 7.69. The van der Waals surface area contributed by atoms with Crippen molar-refractivity contribution in [3.05, 3.63) is 29.8 Å². The van der Waals surface area contributed by atoms with Crippen molar-refractivity contribution in [1.82, 2.24) is 5.32 Å². The minimum atomic E-state index is -0.692. The summed E-state index contributed by atoms with van der Waals surface area (Å²) in [7, 11) is 1.50. The van der Waals surface area contributed by atoms with Crippen LogP contribution in [0.1, 0.15) is 25.3 Å². The number of carbonyl (C=O) groups is 1. The summed E-state index contributed by atoms with van der Waals surface area (Å²) in [6, 6.07) is 7.48. The number of nitrogens with one attached hydrogen (secondary N) is 2. The molecule has 5 heteroatoms. The van der Waals surface area contributed by atoms with Gasteiger partial charge in [-0.25, -0.2) is 4.79 Å². The molecule has 3 N–H and O–H groups in total. The highest BCUT2D eigenvalue weighted by Crippen LogP contribution is 2.11. The number of urea groups is 1. The number of benzene rings is 1. The molecule has 0 aliphatic rings. The van der Waals surface area contributed by atoms with Crippen LogP contribution in [0.2, 0.25) is 0 Å². The molecule has 1 atom stereocenters. The van der Waals surface area contributed by atoms with Crippen molar-refractivity contribution >= 4 is 11.7 Å². The van der Waals surface area contributed by atoms with Crippen LogP contribution < -0.4 is 10.6 Å². The standard InChI is InChI=1S/C15H24N2O3/c1-3-4-5-12-6-8-13(9-7-12)17-15(19)16-10-14(18)11-20-2/h6-9,14,18H,3-5,10-11H2,1-2H3,(H2,16,17,19). The minimum Gasteiger partial charge on any atom is -0.389 e. The second-order valence-corrected chi connectivity index (χ2v) is 4.74. The van der Waals surface area contributed by atoms with E-state index < -0.39 is 6.10 Å². The molecule has 0 aliphatic carbocycles. The number of ether oxygens (including phenoxy) is 1. The first-order valence-electron chi connectivity index (χ1n) is 6.96. The second kappa shape index (κ2) is 9.34. The predicted octanol–water partition coefficient (Wildman–Crippen LogP) is 2.16. The van der Waals surface area contributed by atoms with Crippen molar-refractivity contribution in [3.8, 4) is 0 Å². The highest BCUT2D eigenvalue weighted by Gasteiger charge is 2.06. The summed E-state index contributed by atoms with van der Waals surface area (Å²) in [4.78, 5) is 11.6. The van der Waals surface area contributed by atoms with Gasteiger partial charge in [-0.3, -0.25) is 0 Å². The van der Waals surface area contributed by atoms with E-state index in [4.69, 9.17) is 4.74 Å². The fourth-order valence-corrected chi connectivity index (χ4v) is 1.77. The highest BCUT2D eigenvalue weighted by atomic mass is 16.5. The predicted molar refractivity (Wildman–Crippen MR) is 80.0 cm³/mol. The third-order valence-electron chi connectivity index (χ3n) is 2.89. The van der Waals surface area contributed by atoms with E-state index in [1.165, 1.54) is 25.5 Å². The number of amides is 2. The van der Waals surface area contributed by atoms with Crippen LogP contribution in [0.3, 0.4) is 0 Å². The maximum Gasteiger partial charge on any atom is 0.319 e. The number of aliphatic hydroxyl groups excluding tert-OH is 1. The Morgan fingerprint density at radius 1 is 1.35 bits per heavy atom. The summed E-state index contributed by atoms with van der Waals surface area (Å²) in [6.07, 6.45) is 2.71. The molecule has 0 spiro atoms. The summed E-state index contributed by atoms with van der Waals surface area (Å²) in [5.74, 6) is 0. The third-order valence-corrected chi connectivity index (χ3v) is 2.89. The van der Waals surface area contributed by atoms with Gasteiger partial charge in [0.15, 0.2) is 0 Å². The molecule has 0 saturated carbocycles. The molecule has 0 bridgehead atoms. The molecule has 5 nitrogen and oxygen atoms in total. The average Bonchev–Trinajstić information content (AvgIpc) is 2.45. The van der Waals surface area contributed by atoms with Gasteiger partial charge in [0.2, 0.25) is 0 Å². The summed E-state index contributed by atoms with van der Waals surface area (Å²) in [5, 5.41) is 14.7. The molecule has 112 valence electrons. The zero-order chi connectivity index (χ0) is 14.8. The van der Waals surface area contributed by atoms with Gasteiger partial charge in [0.1, 0.15) is 0 Å². The number of hydrogen-bond acceptors (Lipinski definition) is 3. The van der Waals surface area contributed by atoms with Gasteiger partial charge in [-0.2, -0.15) is 0 Å². The van der Waals surface area contributed by atoms with Crippen LogP contribution in [-0.4, -0.2) is 37.5 Å². The quantitative estimate of drug-likeness (QED) is 0.683. The van der Waals surface area contributed by atoms with Crippen molar-refractivity contribution in [2.45, 2.75) is 32.3 Å². The van der Waals surface area contributed by atoms with E-state index in [-0.39, 0.29) is 19.2 Å². The lowest BCUT2D eigenvalue weighted by molar-refractivity contribution is 0.0663. The van der Waals surface area contributed by atoms with Crippen LogP contribution in [0.25, 0.3) is 0 Å². The summed E-state index contributed by atoms with van der Waals surface area (Å²) < 4.78 is 4.78. The number of aryl methyl sites for hydroxylation is 1. The minimum absolute atomic E-state index is 0.161. The molecule has 0 fully saturated rings. The fraction of sp³-hybridized carbons (Fsp3) is 0.533. The zero-order valence-electron chi connectivity index (χ0n) is 12.2. The SMILES string of the molecule is CCCCc1ccc(NC(=O)NCC(O)COC)cc1. The van der Waals surface area contributed by atoms with E-state index in [0.29, 0.717) is 0 Å². The molecule has 0 aromatic heterocycles. The molecular formula is C15H24N2O3. The maximum absolute atomic E-state index is 11.6. The first-order valence-corrected chi connectivity index (χ1v) is 6.96. The molecule has 0 saturated heterocycles. The van der Waals surface area contributed by atoms with Gasteiger partial charge in [0.05, 0.1) is 12.7 Å². The number of carbonyl (C=O) groups excluding carboxylic acids is 1. The van der Waals surface area contributed by atoms with Gasteiger partial charge in [0, 0.05) is 19.3 Å².